The Morgan fingerprint density at radius 1 is 1.15 bits per heavy atom. The molecule has 0 radical (unpaired) electrons. The van der Waals surface area contributed by atoms with Gasteiger partial charge < -0.3 is 15.0 Å². The van der Waals surface area contributed by atoms with Gasteiger partial charge in [0.25, 0.3) is 0 Å². The zero-order chi connectivity index (χ0) is 18.6. The number of hydrogen-bond donors (Lipinski definition) is 2. The van der Waals surface area contributed by atoms with Crippen LogP contribution in [0.5, 0.6) is 5.75 Å². The van der Waals surface area contributed by atoms with E-state index in [2.05, 4.69) is 16.4 Å². The average Bonchev–Trinajstić information content (AvgIpc) is 3.02. The fourth-order valence-corrected chi connectivity index (χ4v) is 3.37. The summed E-state index contributed by atoms with van der Waals surface area (Å²) >= 11 is 0. The molecule has 0 bridgehead atoms. The number of aromatic amines is 1. The number of carbonyl (C=O) groups is 2. The Hall–Kier alpha value is -3.28. The van der Waals surface area contributed by atoms with Crippen molar-refractivity contribution in [1.29, 1.82) is 0 Å². The first kappa shape index (κ1) is 17.1. The van der Waals surface area contributed by atoms with Gasteiger partial charge in [0.2, 0.25) is 11.8 Å². The number of anilines is 1. The van der Waals surface area contributed by atoms with Crippen LogP contribution >= 0.6 is 0 Å². The summed E-state index contributed by atoms with van der Waals surface area (Å²) in [7, 11) is 0. The SMILES string of the molecule is O=C(CN1C(=O)CCOc2ccccc21)NCCc1c[nH]c2ccccc12. The summed E-state index contributed by atoms with van der Waals surface area (Å²) in [5, 5.41) is 4.08. The lowest BCUT2D eigenvalue weighted by atomic mass is 10.1. The summed E-state index contributed by atoms with van der Waals surface area (Å²) < 4.78 is 5.60. The number of fused-ring (bicyclic) bond motifs is 2. The molecular formula is C21H21N3O3. The highest BCUT2D eigenvalue weighted by Gasteiger charge is 2.24. The first-order valence-corrected chi connectivity index (χ1v) is 9.06. The maximum Gasteiger partial charge on any atom is 0.240 e. The van der Waals surface area contributed by atoms with Crippen LogP contribution in [0.25, 0.3) is 10.9 Å². The largest absolute Gasteiger partial charge is 0.491 e. The summed E-state index contributed by atoms with van der Waals surface area (Å²) in [6.07, 6.45) is 2.96. The first-order chi connectivity index (χ1) is 13.2. The Kier molecular flexibility index (Phi) is 4.78. The molecule has 3 aromatic rings. The van der Waals surface area contributed by atoms with Gasteiger partial charge in [-0.15, -0.1) is 0 Å². The molecule has 27 heavy (non-hydrogen) atoms. The number of para-hydroxylation sites is 3. The van der Waals surface area contributed by atoms with Gasteiger partial charge in [0.05, 0.1) is 18.7 Å². The van der Waals surface area contributed by atoms with Crippen molar-refractivity contribution in [1.82, 2.24) is 10.3 Å². The normalized spacial score (nSPS) is 13.8. The maximum atomic E-state index is 12.4. The van der Waals surface area contributed by atoms with Crippen LogP contribution in [0.4, 0.5) is 5.69 Å². The van der Waals surface area contributed by atoms with Crippen LogP contribution in [0.15, 0.2) is 54.7 Å². The molecule has 0 spiro atoms. The molecule has 2 heterocycles. The molecule has 0 unspecified atom stereocenters. The van der Waals surface area contributed by atoms with E-state index in [0.717, 1.165) is 17.5 Å². The third-order valence-electron chi connectivity index (χ3n) is 4.72. The molecule has 0 fully saturated rings. The highest BCUT2D eigenvalue weighted by atomic mass is 16.5. The number of benzene rings is 2. The Bertz CT molecular complexity index is 979. The number of H-pyrrole nitrogens is 1. The van der Waals surface area contributed by atoms with Gasteiger partial charge in [0, 0.05) is 23.6 Å². The van der Waals surface area contributed by atoms with E-state index in [1.54, 1.807) is 6.07 Å². The van der Waals surface area contributed by atoms with Crippen molar-refractivity contribution in [3.63, 3.8) is 0 Å². The summed E-state index contributed by atoms with van der Waals surface area (Å²) in [6, 6.07) is 15.4. The number of hydrogen-bond acceptors (Lipinski definition) is 3. The predicted octanol–water partition coefficient (Wildman–Crippen LogP) is 2.64. The smallest absolute Gasteiger partial charge is 0.240 e. The number of aromatic nitrogens is 1. The van der Waals surface area contributed by atoms with Gasteiger partial charge in [0.15, 0.2) is 0 Å². The van der Waals surface area contributed by atoms with Gasteiger partial charge in [-0.3, -0.25) is 14.5 Å². The van der Waals surface area contributed by atoms with Crippen LogP contribution in [-0.2, 0) is 16.0 Å². The van der Waals surface area contributed by atoms with E-state index in [1.807, 2.05) is 42.6 Å². The minimum atomic E-state index is -0.181. The highest BCUT2D eigenvalue weighted by Crippen LogP contribution is 2.30. The summed E-state index contributed by atoms with van der Waals surface area (Å²) in [5.74, 6) is 0.349. The molecule has 4 rings (SSSR count). The van der Waals surface area contributed by atoms with Crippen molar-refractivity contribution in [3.05, 3.63) is 60.3 Å². The Morgan fingerprint density at radius 2 is 1.96 bits per heavy atom. The third kappa shape index (κ3) is 3.65. The lowest BCUT2D eigenvalue weighted by molar-refractivity contribution is -0.123. The molecule has 0 atom stereocenters. The van der Waals surface area contributed by atoms with Crippen molar-refractivity contribution in [2.24, 2.45) is 0 Å². The minimum absolute atomic E-state index is 0.00685. The van der Waals surface area contributed by atoms with Crippen LogP contribution < -0.4 is 15.0 Å². The molecule has 1 aliphatic rings. The number of ether oxygens (including phenoxy) is 1. The molecule has 1 aliphatic heterocycles. The summed E-state index contributed by atoms with van der Waals surface area (Å²) in [4.78, 5) is 29.5. The zero-order valence-corrected chi connectivity index (χ0v) is 14.9. The molecule has 2 aromatic carbocycles. The monoisotopic (exact) mass is 363 g/mol. The van der Waals surface area contributed by atoms with E-state index >= 15 is 0 Å². The Morgan fingerprint density at radius 3 is 2.89 bits per heavy atom. The van der Waals surface area contributed by atoms with Crippen molar-refractivity contribution in [2.45, 2.75) is 12.8 Å². The van der Waals surface area contributed by atoms with E-state index < -0.39 is 0 Å². The fraction of sp³-hybridized carbons (Fsp3) is 0.238. The van der Waals surface area contributed by atoms with Crippen LogP contribution in [0.2, 0.25) is 0 Å². The van der Waals surface area contributed by atoms with Crippen molar-refractivity contribution in [2.75, 3.05) is 24.6 Å². The first-order valence-electron chi connectivity index (χ1n) is 9.06. The van der Waals surface area contributed by atoms with Crippen molar-refractivity contribution >= 4 is 28.4 Å². The molecule has 1 aromatic heterocycles. The molecule has 0 saturated carbocycles. The van der Waals surface area contributed by atoms with Gasteiger partial charge in [-0.25, -0.2) is 0 Å². The van der Waals surface area contributed by atoms with Crippen LogP contribution in [0, 0.1) is 0 Å². The molecule has 6 nitrogen and oxygen atoms in total. The van der Waals surface area contributed by atoms with Crippen LogP contribution in [-0.4, -0.2) is 36.5 Å². The number of nitrogens with one attached hydrogen (secondary N) is 2. The second-order valence-electron chi connectivity index (χ2n) is 6.51. The van der Waals surface area contributed by atoms with E-state index in [-0.39, 0.29) is 24.8 Å². The molecular weight excluding hydrogens is 342 g/mol. The van der Waals surface area contributed by atoms with E-state index in [0.29, 0.717) is 24.6 Å². The van der Waals surface area contributed by atoms with Crippen LogP contribution in [0.3, 0.4) is 0 Å². The second kappa shape index (κ2) is 7.53. The number of carbonyl (C=O) groups excluding carboxylic acids is 2. The summed E-state index contributed by atoms with van der Waals surface area (Å²) in [6.45, 7) is 0.836. The number of nitrogens with zero attached hydrogens (tertiary/aromatic N) is 1. The molecule has 138 valence electrons. The average molecular weight is 363 g/mol. The van der Waals surface area contributed by atoms with E-state index in [1.165, 1.54) is 10.3 Å². The minimum Gasteiger partial charge on any atom is -0.491 e. The van der Waals surface area contributed by atoms with E-state index in [9.17, 15) is 9.59 Å². The zero-order valence-electron chi connectivity index (χ0n) is 14.9. The van der Waals surface area contributed by atoms with Gasteiger partial charge in [0.1, 0.15) is 12.3 Å². The van der Waals surface area contributed by atoms with E-state index in [4.69, 9.17) is 4.74 Å². The molecule has 2 amide bonds. The lowest BCUT2D eigenvalue weighted by Crippen LogP contribution is -2.41. The van der Waals surface area contributed by atoms with Gasteiger partial charge >= 0.3 is 0 Å². The van der Waals surface area contributed by atoms with Gasteiger partial charge in [-0.1, -0.05) is 30.3 Å². The molecule has 6 heteroatoms. The third-order valence-corrected chi connectivity index (χ3v) is 4.72. The summed E-state index contributed by atoms with van der Waals surface area (Å²) in [5.41, 5.74) is 2.90. The van der Waals surface area contributed by atoms with Crippen molar-refractivity contribution in [3.8, 4) is 5.75 Å². The Balaban J connectivity index is 1.38. The van der Waals surface area contributed by atoms with Crippen LogP contribution in [0.1, 0.15) is 12.0 Å². The molecule has 2 N–H and O–H groups in total. The molecule has 0 aliphatic carbocycles. The standard InChI is InChI=1S/C21H21N3O3/c25-20(22-11-9-15-13-23-17-6-2-1-5-16(15)17)14-24-18-7-3-4-8-19(18)27-12-10-21(24)26/h1-8,13,23H,9-12,14H2,(H,22,25). The van der Waals surface area contributed by atoms with Gasteiger partial charge in [-0.05, 0) is 30.2 Å². The number of amides is 2. The quantitative estimate of drug-likeness (QED) is 0.732. The fourth-order valence-electron chi connectivity index (χ4n) is 3.37. The lowest BCUT2D eigenvalue weighted by Gasteiger charge is -2.21. The van der Waals surface area contributed by atoms with Gasteiger partial charge in [-0.2, -0.15) is 0 Å². The maximum absolute atomic E-state index is 12.4. The number of rotatable bonds is 5. The predicted molar refractivity (Wildman–Crippen MR) is 104 cm³/mol. The Labute approximate surface area is 157 Å². The van der Waals surface area contributed by atoms with Crippen molar-refractivity contribution < 1.29 is 14.3 Å². The second-order valence-corrected chi connectivity index (χ2v) is 6.51. The topological polar surface area (TPSA) is 74.4 Å². The highest BCUT2D eigenvalue weighted by molar-refractivity contribution is 6.00. The molecule has 0 saturated heterocycles.